The van der Waals surface area contributed by atoms with E-state index in [1.165, 1.54) is 24.8 Å². The quantitative estimate of drug-likeness (QED) is 0.0547. The van der Waals surface area contributed by atoms with Crippen molar-refractivity contribution >= 4 is 15.9 Å². The zero-order valence-electron chi connectivity index (χ0n) is 30.1. The van der Waals surface area contributed by atoms with Crippen LogP contribution in [0.25, 0.3) is 0 Å². The number of rotatable bonds is 20. The van der Waals surface area contributed by atoms with Gasteiger partial charge in [0.2, 0.25) is 0 Å². The number of allylic oxidation sites excluding steroid dienone is 1. The summed E-state index contributed by atoms with van der Waals surface area (Å²) in [6.45, 7) is 25.5. The standard InChI is InChI=1S/C19H31F3O4S.C18H32O2/c1-6-7-8-17-12-15(4)18(25-17)10-9-13(2)11-14(3)16(5)26-27(23,24)19(20,21)22;1-6-7-8-17-12-15(4)18(20-17)10-9-13(2)11-14(3)16(5)19/h13-14,17-18H,4-12H2,1-3H3;13-14,17-18H,4,6-12H2,1-3,5H3/t2*13-,14-,17+,18+/m11/s1. The molecular weight excluding hydrogens is 629 g/mol. The summed E-state index contributed by atoms with van der Waals surface area (Å²) in [5.41, 5.74) is -3.08. The van der Waals surface area contributed by atoms with Crippen LogP contribution in [0.4, 0.5) is 13.2 Å². The third-order valence-electron chi connectivity index (χ3n) is 9.46. The Bertz CT molecular complexity index is 1100. The number of Topliss-reactive ketones (excluding diaryl/α,β-unsaturated/α-hetero) is 1. The van der Waals surface area contributed by atoms with Crippen LogP contribution in [-0.2, 0) is 28.6 Å². The van der Waals surface area contributed by atoms with Gasteiger partial charge in [-0.3, -0.25) is 4.79 Å². The van der Waals surface area contributed by atoms with Gasteiger partial charge < -0.3 is 13.7 Å². The Morgan fingerprint density at radius 1 is 0.830 bits per heavy atom. The summed E-state index contributed by atoms with van der Waals surface area (Å²) in [6.07, 6.45) is 15.0. The average Bonchev–Trinajstić information content (AvgIpc) is 3.52. The Hall–Kier alpha value is -1.65. The summed E-state index contributed by atoms with van der Waals surface area (Å²) in [7, 11) is -5.66. The van der Waals surface area contributed by atoms with Gasteiger partial charge in [0, 0.05) is 11.8 Å². The highest BCUT2D eigenvalue weighted by atomic mass is 32.2. The maximum atomic E-state index is 12.4. The summed E-state index contributed by atoms with van der Waals surface area (Å²) in [4.78, 5) is 11.3. The topological polar surface area (TPSA) is 78.9 Å². The first kappa shape index (κ1) is 43.4. The molecule has 0 saturated carbocycles. The van der Waals surface area contributed by atoms with E-state index in [4.69, 9.17) is 9.47 Å². The van der Waals surface area contributed by atoms with E-state index in [1.807, 2.05) is 13.8 Å². The van der Waals surface area contributed by atoms with Gasteiger partial charge in [0.15, 0.2) is 0 Å². The van der Waals surface area contributed by atoms with Gasteiger partial charge in [-0.1, -0.05) is 87.0 Å². The maximum Gasteiger partial charge on any atom is 0.534 e. The second kappa shape index (κ2) is 20.8. The van der Waals surface area contributed by atoms with Gasteiger partial charge in [-0.15, -0.1) is 0 Å². The van der Waals surface area contributed by atoms with Crippen LogP contribution in [0.5, 0.6) is 0 Å². The molecule has 274 valence electrons. The van der Waals surface area contributed by atoms with Crippen molar-refractivity contribution in [3.63, 3.8) is 0 Å². The second-order valence-corrected chi connectivity index (χ2v) is 15.7. The predicted molar refractivity (Wildman–Crippen MR) is 184 cm³/mol. The maximum absolute atomic E-state index is 12.4. The van der Waals surface area contributed by atoms with Gasteiger partial charge in [0.1, 0.15) is 11.5 Å². The van der Waals surface area contributed by atoms with Gasteiger partial charge in [-0.05, 0) is 94.1 Å². The van der Waals surface area contributed by atoms with Crippen molar-refractivity contribution in [2.24, 2.45) is 23.7 Å². The number of ether oxygens (including phenoxy) is 2. The molecule has 0 unspecified atom stereocenters. The SMILES string of the molecule is C=C(OS(=O)(=O)C(F)(F)F)[C@H](C)C[C@H](C)CC[C@@H]1O[C@@H](CCCC)CC1=C.C=C1C[C@H](CCCC)O[C@H]1CC[C@@H](C)C[C@@H](C)C(C)=O. The lowest BCUT2D eigenvalue weighted by molar-refractivity contribution is -0.120. The first-order chi connectivity index (χ1) is 21.8. The molecule has 2 heterocycles. The molecule has 0 aliphatic carbocycles. The molecule has 0 bridgehead atoms. The van der Waals surface area contributed by atoms with Crippen molar-refractivity contribution in [2.45, 2.75) is 168 Å². The molecular formula is C37H63F3O6S. The Morgan fingerprint density at radius 3 is 1.60 bits per heavy atom. The van der Waals surface area contributed by atoms with Crippen molar-refractivity contribution in [1.29, 1.82) is 0 Å². The van der Waals surface area contributed by atoms with E-state index in [0.29, 0.717) is 24.2 Å². The van der Waals surface area contributed by atoms with Crippen LogP contribution in [0.3, 0.4) is 0 Å². The largest absolute Gasteiger partial charge is 0.534 e. The molecule has 10 heteroatoms. The molecule has 2 saturated heterocycles. The van der Waals surface area contributed by atoms with Crippen LogP contribution in [0.15, 0.2) is 36.6 Å². The minimum Gasteiger partial charge on any atom is -0.381 e. The monoisotopic (exact) mass is 692 g/mol. The fourth-order valence-electron chi connectivity index (χ4n) is 6.23. The fraction of sp³-hybridized carbons (Fsp3) is 0.811. The number of unbranched alkanes of at least 4 members (excludes halogenated alkanes) is 2. The summed E-state index contributed by atoms with van der Waals surface area (Å²) >= 11 is 0. The molecule has 2 fully saturated rings. The minimum absolute atomic E-state index is 0.0228. The summed E-state index contributed by atoms with van der Waals surface area (Å²) in [5.74, 6) is 0.329. The third-order valence-corrected chi connectivity index (χ3v) is 10.5. The molecule has 0 N–H and O–H groups in total. The molecule has 0 radical (unpaired) electrons. The lowest BCUT2D eigenvalue weighted by Crippen LogP contribution is -2.26. The van der Waals surface area contributed by atoms with E-state index in [-0.39, 0.29) is 35.9 Å². The number of carbonyl (C=O) groups is 1. The zero-order chi connectivity index (χ0) is 35.9. The molecule has 2 aliphatic heterocycles. The number of hydrogen-bond donors (Lipinski definition) is 0. The lowest BCUT2D eigenvalue weighted by Gasteiger charge is -2.21. The van der Waals surface area contributed by atoms with Crippen LogP contribution in [-0.4, -0.2) is 44.1 Å². The van der Waals surface area contributed by atoms with Crippen molar-refractivity contribution < 1.29 is 40.0 Å². The van der Waals surface area contributed by atoms with Gasteiger partial charge in [-0.25, -0.2) is 0 Å². The van der Waals surface area contributed by atoms with Crippen LogP contribution in [0.2, 0.25) is 0 Å². The summed E-state index contributed by atoms with van der Waals surface area (Å²) in [5, 5.41) is 0. The molecule has 47 heavy (non-hydrogen) atoms. The lowest BCUT2D eigenvalue weighted by atomic mass is 9.90. The fourth-order valence-corrected chi connectivity index (χ4v) is 6.77. The van der Waals surface area contributed by atoms with Gasteiger partial charge in [0.25, 0.3) is 0 Å². The van der Waals surface area contributed by atoms with Crippen LogP contribution in [0.1, 0.15) is 138 Å². The smallest absolute Gasteiger partial charge is 0.381 e. The first-order valence-corrected chi connectivity index (χ1v) is 19.1. The summed E-state index contributed by atoms with van der Waals surface area (Å²) < 4.78 is 75.5. The van der Waals surface area contributed by atoms with E-state index in [2.05, 4.69) is 44.7 Å². The number of hydrogen-bond acceptors (Lipinski definition) is 6. The van der Waals surface area contributed by atoms with Crippen molar-refractivity contribution in [3.05, 3.63) is 36.6 Å². The highest BCUT2D eigenvalue weighted by molar-refractivity contribution is 7.87. The molecule has 0 aromatic heterocycles. The van der Waals surface area contributed by atoms with E-state index < -0.39 is 21.5 Å². The molecule has 2 rings (SSSR count). The molecule has 0 spiro atoms. The van der Waals surface area contributed by atoms with Crippen LogP contribution < -0.4 is 0 Å². The number of halogens is 3. The van der Waals surface area contributed by atoms with E-state index in [9.17, 15) is 26.4 Å². The van der Waals surface area contributed by atoms with Crippen molar-refractivity contribution in [1.82, 2.24) is 0 Å². The minimum atomic E-state index is -5.66. The highest BCUT2D eigenvalue weighted by Gasteiger charge is 2.49. The molecule has 0 aromatic carbocycles. The van der Waals surface area contributed by atoms with Crippen molar-refractivity contribution in [3.8, 4) is 0 Å². The molecule has 8 atom stereocenters. The first-order valence-electron chi connectivity index (χ1n) is 17.7. The Labute approximate surface area is 284 Å². The molecule has 2 aliphatic rings. The normalized spacial score (nSPS) is 24.3. The summed E-state index contributed by atoms with van der Waals surface area (Å²) in [6, 6.07) is 0. The Morgan fingerprint density at radius 2 is 1.23 bits per heavy atom. The number of alkyl halides is 3. The van der Waals surface area contributed by atoms with Crippen LogP contribution >= 0.6 is 0 Å². The Balaban J connectivity index is 0.000000491. The molecule has 0 amide bonds. The molecule has 6 nitrogen and oxygen atoms in total. The predicted octanol–water partition coefficient (Wildman–Crippen LogP) is 10.6. The Kier molecular flexibility index (Phi) is 19.2. The highest BCUT2D eigenvalue weighted by Crippen LogP contribution is 2.34. The third kappa shape index (κ3) is 16.1. The van der Waals surface area contributed by atoms with Crippen molar-refractivity contribution in [2.75, 3.05) is 0 Å². The van der Waals surface area contributed by atoms with Gasteiger partial charge in [-0.2, -0.15) is 21.6 Å². The zero-order valence-corrected chi connectivity index (χ0v) is 30.9. The molecule has 0 aromatic rings. The number of ketones is 1. The number of carbonyl (C=O) groups excluding carboxylic acids is 1. The van der Waals surface area contributed by atoms with Gasteiger partial charge in [0.05, 0.1) is 24.4 Å². The second-order valence-electron chi connectivity index (χ2n) is 14.2. The van der Waals surface area contributed by atoms with Gasteiger partial charge >= 0.3 is 15.6 Å². The van der Waals surface area contributed by atoms with E-state index >= 15 is 0 Å². The van der Waals surface area contributed by atoms with E-state index in [0.717, 1.165) is 69.8 Å². The van der Waals surface area contributed by atoms with E-state index in [1.54, 1.807) is 13.8 Å². The van der Waals surface area contributed by atoms with Crippen LogP contribution in [0, 0.1) is 23.7 Å². The average molecular weight is 693 g/mol.